The standard InChI is InChI=1S/C13H25N3/c1-10-6-14-7-11(10)8-15-12-4-5-16(9-12)13-2-3-13/h10-15H,2-9H2,1H3/t10-,11+,12?/m1/s1. The summed E-state index contributed by atoms with van der Waals surface area (Å²) in [4.78, 5) is 2.69. The molecule has 0 bridgehead atoms. The van der Waals surface area contributed by atoms with Crippen LogP contribution in [0.3, 0.4) is 0 Å². The third-order valence-electron chi connectivity index (χ3n) is 4.63. The van der Waals surface area contributed by atoms with Gasteiger partial charge in [0.05, 0.1) is 0 Å². The Kier molecular flexibility index (Phi) is 3.18. The van der Waals surface area contributed by atoms with Crippen LogP contribution in [-0.4, -0.2) is 49.7 Å². The molecule has 0 aromatic carbocycles. The van der Waals surface area contributed by atoms with E-state index in [1.807, 2.05) is 0 Å². The summed E-state index contributed by atoms with van der Waals surface area (Å²) in [5, 5.41) is 7.27. The molecule has 1 saturated carbocycles. The van der Waals surface area contributed by atoms with Crippen molar-refractivity contribution in [2.45, 2.75) is 38.3 Å². The van der Waals surface area contributed by atoms with Crippen LogP contribution in [0.15, 0.2) is 0 Å². The van der Waals surface area contributed by atoms with Crippen LogP contribution in [-0.2, 0) is 0 Å². The molecule has 3 nitrogen and oxygen atoms in total. The van der Waals surface area contributed by atoms with E-state index in [0.29, 0.717) is 0 Å². The van der Waals surface area contributed by atoms with Crippen molar-refractivity contribution in [2.24, 2.45) is 11.8 Å². The normalized spacial score (nSPS) is 40.7. The highest BCUT2D eigenvalue weighted by atomic mass is 15.2. The van der Waals surface area contributed by atoms with Gasteiger partial charge in [-0.3, -0.25) is 4.90 Å². The predicted molar refractivity (Wildman–Crippen MR) is 66.5 cm³/mol. The van der Waals surface area contributed by atoms with Crippen LogP contribution >= 0.6 is 0 Å². The van der Waals surface area contributed by atoms with Gasteiger partial charge >= 0.3 is 0 Å². The Morgan fingerprint density at radius 2 is 2.12 bits per heavy atom. The summed E-state index contributed by atoms with van der Waals surface area (Å²) in [5.41, 5.74) is 0. The Morgan fingerprint density at radius 3 is 2.81 bits per heavy atom. The largest absolute Gasteiger partial charge is 0.316 e. The second-order valence-electron chi connectivity index (χ2n) is 6.02. The molecule has 3 rings (SSSR count). The summed E-state index contributed by atoms with van der Waals surface area (Å²) in [6.45, 7) is 8.66. The maximum absolute atomic E-state index is 3.78. The first-order valence-corrected chi connectivity index (χ1v) is 7.01. The second-order valence-corrected chi connectivity index (χ2v) is 6.02. The summed E-state index contributed by atoms with van der Waals surface area (Å²) in [6, 6.07) is 1.73. The first-order chi connectivity index (χ1) is 7.83. The number of nitrogens with zero attached hydrogens (tertiary/aromatic N) is 1. The molecule has 0 radical (unpaired) electrons. The van der Waals surface area contributed by atoms with E-state index in [0.717, 1.165) is 23.9 Å². The van der Waals surface area contributed by atoms with Crippen LogP contribution in [0.5, 0.6) is 0 Å². The predicted octanol–water partition coefficient (Wildman–Crippen LogP) is 0.668. The highest BCUT2D eigenvalue weighted by Gasteiger charge is 2.34. The molecule has 2 aliphatic heterocycles. The van der Waals surface area contributed by atoms with Crippen molar-refractivity contribution in [1.82, 2.24) is 15.5 Å². The Balaban J connectivity index is 1.39. The first kappa shape index (κ1) is 11.0. The molecule has 0 aromatic rings. The number of nitrogens with one attached hydrogen (secondary N) is 2. The van der Waals surface area contributed by atoms with E-state index in [1.54, 1.807) is 0 Å². The lowest BCUT2D eigenvalue weighted by atomic mass is 9.98. The van der Waals surface area contributed by atoms with Gasteiger partial charge in [-0.05, 0) is 50.7 Å². The molecule has 92 valence electrons. The zero-order chi connectivity index (χ0) is 11.0. The number of hydrogen-bond acceptors (Lipinski definition) is 3. The zero-order valence-corrected chi connectivity index (χ0v) is 10.4. The van der Waals surface area contributed by atoms with Crippen LogP contribution in [0.25, 0.3) is 0 Å². The maximum atomic E-state index is 3.78. The highest BCUT2D eigenvalue weighted by Crippen LogP contribution is 2.29. The van der Waals surface area contributed by atoms with Crippen molar-refractivity contribution in [3.8, 4) is 0 Å². The third-order valence-corrected chi connectivity index (χ3v) is 4.63. The number of hydrogen-bond donors (Lipinski definition) is 2. The molecule has 3 atom stereocenters. The van der Waals surface area contributed by atoms with Crippen molar-refractivity contribution in [3.05, 3.63) is 0 Å². The Morgan fingerprint density at radius 1 is 1.25 bits per heavy atom. The topological polar surface area (TPSA) is 27.3 Å². The summed E-state index contributed by atoms with van der Waals surface area (Å²) < 4.78 is 0. The van der Waals surface area contributed by atoms with Gasteiger partial charge in [0.15, 0.2) is 0 Å². The minimum absolute atomic E-state index is 0.772. The van der Waals surface area contributed by atoms with E-state index in [4.69, 9.17) is 0 Å². The van der Waals surface area contributed by atoms with Crippen LogP contribution in [0.4, 0.5) is 0 Å². The third kappa shape index (κ3) is 2.41. The van der Waals surface area contributed by atoms with Crippen LogP contribution in [0.1, 0.15) is 26.2 Å². The van der Waals surface area contributed by atoms with E-state index in [2.05, 4.69) is 22.5 Å². The van der Waals surface area contributed by atoms with Crippen molar-refractivity contribution >= 4 is 0 Å². The molecule has 3 aliphatic rings. The molecule has 3 fully saturated rings. The fourth-order valence-electron chi connectivity index (χ4n) is 3.18. The van der Waals surface area contributed by atoms with E-state index in [1.165, 1.54) is 52.0 Å². The lowest BCUT2D eigenvalue weighted by Gasteiger charge is -2.19. The van der Waals surface area contributed by atoms with Crippen LogP contribution in [0.2, 0.25) is 0 Å². The Bertz CT molecular complexity index is 239. The Hall–Kier alpha value is -0.120. The zero-order valence-electron chi connectivity index (χ0n) is 10.4. The van der Waals surface area contributed by atoms with Gasteiger partial charge in [-0.2, -0.15) is 0 Å². The van der Waals surface area contributed by atoms with E-state index >= 15 is 0 Å². The molecule has 2 saturated heterocycles. The van der Waals surface area contributed by atoms with Crippen LogP contribution in [0, 0.1) is 11.8 Å². The quantitative estimate of drug-likeness (QED) is 0.733. The van der Waals surface area contributed by atoms with Gasteiger partial charge < -0.3 is 10.6 Å². The number of likely N-dealkylation sites (tertiary alicyclic amines) is 1. The molecule has 16 heavy (non-hydrogen) atoms. The average molecular weight is 223 g/mol. The monoisotopic (exact) mass is 223 g/mol. The maximum Gasteiger partial charge on any atom is 0.0207 e. The SMILES string of the molecule is C[C@@H]1CNC[C@H]1CNC1CCN(C2CC2)C1. The van der Waals surface area contributed by atoms with Gasteiger partial charge in [0.1, 0.15) is 0 Å². The smallest absolute Gasteiger partial charge is 0.0207 e. The second kappa shape index (κ2) is 4.63. The molecule has 0 spiro atoms. The molecule has 3 heteroatoms. The minimum atomic E-state index is 0.772. The molecule has 1 aliphatic carbocycles. The van der Waals surface area contributed by atoms with Gasteiger partial charge in [-0.25, -0.2) is 0 Å². The van der Waals surface area contributed by atoms with E-state index < -0.39 is 0 Å². The summed E-state index contributed by atoms with van der Waals surface area (Å²) >= 11 is 0. The van der Waals surface area contributed by atoms with Gasteiger partial charge in [0.2, 0.25) is 0 Å². The molecule has 1 unspecified atom stereocenters. The molecule has 2 heterocycles. The van der Waals surface area contributed by atoms with Crippen LogP contribution < -0.4 is 10.6 Å². The molecular formula is C13H25N3. The molecule has 2 N–H and O–H groups in total. The van der Waals surface area contributed by atoms with Crippen molar-refractivity contribution < 1.29 is 0 Å². The summed E-state index contributed by atoms with van der Waals surface area (Å²) in [7, 11) is 0. The molecular weight excluding hydrogens is 198 g/mol. The van der Waals surface area contributed by atoms with Crippen molar-refractivity contribution in [1.29, 1.82) is 0 Å². The summed E-state index contributed by atoms with van der Waals surface area (Å²) in [5.74, 6) is 1.71. The first-order valence-electron chi connectivity index (χ1n) is 7.01. The van der Waals surface area contributed by atoms with Gasteiger partial charge in [0, 0.05) is 25.2 Å². The number of rotatable bonds is 4. The fraction of sp³-hybridized carbons (Fsp3) is 1.00. The van der Waals surface area contributed by atoms with E-state index in [-0.39, 0.29) is 0 Å². The lowest BCUT2D eigenvalue weighted by molar-refractivity contribution is 0.312. The average Bonchev–Trinajstić information content (AvgIpc) is 2.89. The lowest BCUT2D eigenvalue weighted by Crippen LogP contribution is -2.37. The Labute approximate surface area is 99.0 Å². The summed E-state index contributed by atoms with van der Waals surface area (Å²) in [6.07, 6.45) is 4.28. The highest BCUT2D eigenvalue weighted by molar-refractivity contribution is 4.92. The molecule has 0 aromatic heterocycles. The molecule has 0 amide bonds. The van der Waals surface area contributed by atoms with Gasteiger partial charge in [-0.15, -0.1) is 0 Å². The van der Waals surface area contributed by atoms with Crippen molar-refractivity contribution in [3.63, 3.8) is 0 Å². The van der Waals surface area contributed by atoms with Gasteiger partial charge in [-0.1, -0.05) is 6.92 Å². The van der Waals surface area contributed by atoms with Gasteiger partial charge in [0.25, 0.3) is 0 Å². The minimum Gasteiger partial charge on any atom is -0.316 e. The van der Waals surface area contributed by atoms with Crippen molar-refractivity contribution in [2.75, 3.05) is 32.7 Å². The van der Waals surface area contributed by atoms with E-state index in [9.17, 15) is 0 Å². The fourth-order valence-corrected chi connectivity index (χ4v) is 3.18.